The van der Waals surface area contributed by atoms with Gasteiger partial charge in [-0.1, -0.05) is 26.7 Å². The molecule has 2 saturated heterocycles. The van der Waals surface area contributed by atoms with Crippen molar-refractivity contribution in [3.63, 3.8) is 0 Å². The molecule has 0 bridgehead atoms. The van der Waals surface area contributed by atoms with Crippen molar-refractivity contribution >= 4 is 21.7 Å². The van der Waals surface area contributed by atoms with Crippen LogP contribution in [0.3, 0.4) is 0 Å². The summed E-state index contributed by atoms with van der Waals surface area (Å²) < 4.78 is 23.4. The van der Waals surface area contributed by atoms with Crippen molar-refractivity contribution in [2.24, 2.45) is 16.8 Å². The summed E-state index contributed by atoms with van der Waals surface area (Å²) in [6, 6.07) is 0.464. The fourth-order valence-electron chi connectivity index (χ4n) is 4.23. The van der Waals surface area contributed by atoms with Gasteiger partial charge in [0, 0.05) is 44.7 Å². The highest BCUT2D eigenvalue weighted by Gasteiger charge is 2.29. The zero-order valence-electron chi connectivity index (χ0n) is 16.7. The van der Waals surface area contributed by atoms with Gasteiger partial charge in [0.25, 0.3) is 0 Å². The molecular weight excluding hydrogens is 364 g/mol. The molecule has 1 atom stereocenters. The van der Waals surface area contributed by atoms with Gasteiger partial charge in [0.15, 0.2) is 15.8 Å². The third-order valence-corrected chi connectivity index (χ3v) is 7.74. The maximum absolute atomic E-state index is 12.2. The van der Waals surface area contributed by atoms with Crippen LogP contribution in [0.2, 0.25) is 0 Å². The third-order valence-electron chi connectivity index (χ3n) is 5.90. The quantitative estimate of drug-likeness (QED) is 0.567. The zero-order chi connectivity index (χ0) is 19.4. The van der Waals surface area contributed by atoms with Crippen molar-refractivity contribution in [2.75, 3.05) is 44.2 Å². The number of carbonyl (C=O) groups is 1. The summed E-state index contributed by atoms with van der Waals surface area (Å²) in [7, 11) is -2.86. The number of guanidine groups is 1. The molecule has 3 fully saturated rings. The van der Waals surface area contributed by atoms with Crippen LogP contribution >= 0.6 is 0 Å². The molecule has 7 nitrogen and oxygen atoms in total. The van der Waals surface area contributed by atoms with Crippen molar-refractivity contribution in [3.8, 4) is 0 Å². The van der Waals surface area contributed by atoms with E-state index < -0.39 is 9.84 Å². The Morgan fingerprint density at radius 2 is 1.70 bits per heavy atom. The Balaban J connectivity index is 1.61. The van der Waals surface area contributed by atoms with Crippen molar-refractivity contribution in [1.29, 1.82) is 0 Å². The van der Waals surface area contributed by atoms with Crippen LogP contribution in [0.1, 0.15) is 46.0 Å². The van der Waals surface area contributed by atoms with Crippen LogP contribution in [0, 0.1) is 11.8 Å². The normalized spacial score (nSPS) is 26.8. The molecule has 1 N–H and O–H groups in total. The monoisotopic (exact) mass is 398 g/mol. The predicted octanol–water partition coefficient (Wildman–Crippen LogP) is 1.11. The zero-order valence-corrected chi connectivity index (χ0v) is 17.5. The van der Waals surface area contributed by atoms with Crippen LogP contribution in [-0.2, 0) is 14.6 Å². The first-order valence-electron chi connectivity index (χ1n) is 10.4. The third kappa shape index (κ3) is 5.59. The van der Waals surface area contributed by atoms with E-state index in [2.05, 4.69) is 10.2 Å². The number of nitrogens with one attached hydrogen (secondary N) is 1. The van der Waals surface area contributed by atoms with Gasteiger partial charge in [0.1, 0.15) is 0 Å². The number of amides is 1. The summed E-state index contributed by atoms with van der Waals surface area (Å²) >= 11 is 0. The second-order valence-corrected chi connectivity index (χ2v) is 10.8. The summed E-state index contributed by atoms with van der Waals surface area (Å²) in [5, 5.41) is 3.62. The average molecular weight is 399 g/mol. The van der Waals surface area contributed by atoms with Gasteiger partial charge in [0.05, 0.1) is 11.5 Å². The van der Waals surface area contributed by atoms with E-state index in [9.17, 15) is 13.2 Å². The molecule has 27 heavy (non-hydrogen) atoms. The molecule has 3 rings (SSSR count). The van der Waals surface area contributed by atoms with E-state index in [1.807, 2.05) is 18.7 Å². The Labute approximate surface area is 163 Å². The van der Waals surface area contributed by atoms with Crippen molar-refractivity contribution < 1.29 is 13.2 Å². The lowest BCUT2D eigenvalue weighted by Crippen LogP contribution is -2.55. The highest BCUT2D eigenvalue weighted by Crippen LogP contribution is 2.20. The maximum Gasteiger partial charge on any atom is 0.225 e. The summed E-state index contributed by atoms with van der Waals surface area (Å²) in [6.45, 7) is 7.46. The van der Waals surface area contributed by atoms with E-state index in [1.165, 1.54) is 25.7 Å². The maximum atomic E-state index is 12.2. The topological polar surface area (TPSA) is 82.1 Å². The highest BCUT2D eigenvalue weighted by molar-refractivity contribution is 7.91. The number of hydrogen-bond donors (Lipinski definition) is 1. The number of hydrogen-bond acceptors (Lipinski definition) is 4. The van der Waals surface area contributed by atoms with Crippen LogP contribution in [0.5, 0.6) is 0 Å². The minimum atomic E-state index is -2.86. The molecule has 0 spiro atoms. The summed E-state index contributed by atoms with van der Waals surface area (Å²) in [5.41, 5.74) is 0. The van der Waals surface area contributed by atoms with Gasteiger partial charge in [-0.3, -0.25) is 9.79 Å². The van der Waals surface area contributed by atoms with E-state index in [0.29, 0.717) is 18.3 Å². The predicted molar refractivity (Wildman–Crippen MR) is 107 cm³/mol. The standard InChI is InChI=1S/C19H34N4O3S/c1-15(2)18(24)22-8-10-23(11-9-22)19(21-17-5-3-4-6-17)20-13-16-7-12-27(25,26)14-16/h15-17H,3-14H2,1-2H3,(H,20,21). The van der Waals surface area contributed by atoms with E-state index in [-0.39, 0.29) is 23.5 Å². The van der Waals surface area contributed by atoms with Crippen molar-refractivity contribution in [1.82, 2.24) is 15.1 Å². The van der Waals surface area contributed by atoms with Crippen LogP contribution < -0.4 is 5.32 Å². The van der Waals surface area contributed by atoms with Crippen LogP contribution in [0.4, 0.5) is 0 Å². The molecule has 2 heterocycles. The van der Waals surface area contributed by atoms with Crippen molar-refractivity contribution in [2.45, 2.75) is 52.0 Å². The molecule has 2 aliphatic heterocycles. The lowest BCUT2D eigenvalue weighted by molar-refractivity contribution is -0.135. The second kappa shape index (κ2) is 8.80. The molecule has 1 aliphatic carbocycles. The van der Waals surface area contributed by atoms with E-state index in [4.69, 9.17) is 4.99 Å². The Morgan fingerprint density at radius 3 is 2.26 bits per heavy atom. The summed E-state index contributed by atoms with van der Waals surface area (Å²) in [5.74, 6) is 1.86. The Hall–Kier alpha value is -1.31. The molecule has 1 unspecified atom stereocenters. The van der Waals surface area contributed by atoms with Crippen LogP contribution in [-0.4, -0.2) is 80.4 Å². The SMILES string of the molecule is CC(C)C(=O)N1CCN(C(=NCC2CCS(=O)(=O)C2)NC2CCCC2)CC1. The fraction of sp³-hybridized carbons (Fsp3) is 0.895. The smallest absolute Gasteiger partial charge is 0.225 e. The molecular formula is C19H34N4O3S. The fourth-order valence-corrected chi connectivity index (χ4v) is 6.07. The van der Waals surface area contributed by atoms with Gasteiger partial charge in [-0.25, -0.2) is 8.42 Å². The molecule has 154 valence electrons. The molecule has 0 aromatic rings. The van der Waals surface area contributed by atoms with Gasteiger partial charge >= 0.3 is 0 Å². The first-order valence-corrected chi connectivity index (χ1v) is 12.2. The number of piperazine rings is 1. The van der Waals surface area contributed by atoms with Crippen molar-refractivity contribution in [3.05, 3.63) is 0 Å². The second-order valence-electron chi connectivity index (χ2n) is 8.53. The van der Waals surface area contributed by atoms with E-state index >= 15 is 0 Å². The highest BCUT2D eigenvalue weighted by atomic mass is 32.2. The number of nitrogens with zero attached hydrogens (tertiary/aromatic N) is 3. The summed E-state index contributed by atoms with van der Waals surface area (Å²) in [4.78, 5) is 21.2. The lowest BCUT2D eigenvalue weighted by atomic mass is 10.1. The number of rotatable bonds is 4. The van der Waals surface area contributed by atoms with Gasteiger partial charge in [-0.15, -0.1) is 0 Å². The molecule has 3 aliphatic rings. The Kier molecular flexibility index (Phi) is 6.65. The average Bonchev–Trinajstić information content (AvgIpc) is 3.27. The Bertz CT molecular complexity index is 648. The molecule has 1 saturated carbocycles. The molecule has 0 radical (unpaired) electrons. The number of aliphatic imine (C=N–C) groups is 1. The first kappa shape index (κ1) is 20.4. The van der Waals surface area contributed by atoms with Crippen LogP contribution in [0.15, 0.2) is 4.99 Å². The minimum absolute atomic E-state index is 0.0330. The molecule has 0 aromatic carbocycles. The molecule has 0 aromatic heterocycles. The Morgan fingerprint density at radius 1 is 1.07 bits per heavy atom. The van der Waals surface area contributed by atoms with Gasteiger partial charge in [-0.2, -0.15) is 0 Å². The lowest BCUT2D eigenvalue weighted by Gasteiger charge is -2.38. The minimum Gasteiger partial charge on any atom is -0.354 e. The number of sulfone groups is 1. The molecule has 8 heteroatoms. The number of carbonyl (C=O) groups excluding carboxylic acids is 1. The first-order chi connectivity index (χ1) is 12.8. The van der Waals surface area contributed by atoms with Gasteiger partial charge < -0.3 is 15.1 Å². The molecule has 1 amide bonds. The van der Waals surface area contributed by atoms with Crippen LogP contribution in [0.25, 0.3) is 0 Å². The van der Waals surface area contributed by atoms with Gasteiger partial charge in [-0.05, 0) is 25.2 Å². The summed E-state index contributed by atoms with van der Waals surface area (Å²) in [6.07, 6.45) is 5.56. The van der Waals surface area contributed by atoms with Gasteiger partial charge in [0.2, 0.25) is 5.91 Å². The van der Waals surface area contributed by atoms with E-state index in [1.54, 1.807) is 0 Å². The largest absolute Gasteiger partial charge is 0.354 e. The van der Waals surface area contributed by atoms with E-state index in [0.717, 1.165) is 38.6 Å².